The number of thiazole rings is 1. The monoisotopic (exact) mass is 312 g/mol. The lowest BCUT2D eigenvalue weighted by atomic mass is 10.1. The third kappa shape index (κ3) is 3.78. The van der Waals surface area contributed by atoms with Crippen LogP contribution in [0, 0.1) is 5.82 Å². The molecule has 1 N–H and O–H groups in total. The van der Waals surface area contributed by atoms with Gasteiger partial charge in [0, 0.05) is 12.7 Å². The zero-order chi connectivity index (χ0) is 15.2. The largest absolute Gasteiger partial charge is 0.310 e. The average Bonchev–Trinajstić information content (AvgIpc) is 3.03. The van der Waals surface area contributed by atoms with Crippen LogP contribution in [0.2, 0.25) is 0 Å². The van der Waals surface area contributed by atoms with E-state index in [9.17, 15) is 4.39 Å². The van der Waals surface area contributed by atoms with Crippen molar-refractivity contribution in [1.82, 2.24) is 10.3 Å². The van der Waals surface area contributed by atoms with Crippen LogP contribution in [0.3, 0.4) is 0 Å². The minimum Gasteiger partial charge on any atom is -0.310 e. The Hall–Kier alpha value is -2.04. The molecule has 0 aliphatic rings. The van der Waals surface area contributed by atoms with E-state index in [1.165, 1.54) is 16.5 Å². The van der Waals surface area contributed by atoms with Crippen LogP contribution in [0.4, 0.5) is 4.39 Å². The lowest BCUT2D eigenvalue weighted by Crippen LogP contribution is -2.16. The van der Waals surface area contributed by atoms with Crippen LogP contribution in [0.1, 0.15) is 10.6 Å². The Kier molecular flexibility index (Phi) is 4.93. The molecule has 112 valence electrons. The van der Waals surface area contributed by atoms with Gasteiger partial charge in [-0.05, 0) is 30.2 Å². The van der Waals surface area contributed by atoms with Crippen molar-refractivity contribution in [3.63, 3.8) is 0 Å². The van der Waals surface area contributed by atoms with E-state index >= 15 is 0 Å². The second-order valence-corrected chi connectivity index (χ2v) is 6.12. The number of hydrogen-bond acceptors (Lipinski definition) is 3. The molecular weight excluding hydrogens is 295 g/mol. The number of hydrogen-bond donors (Lipinski definition) is 1. The second kappa shape index (κ2) is 7.29. The molecular formula is C18H17FN2S. The Labute approximate surface area is 133 Å². The molecule has 0 radical (unpaired) electrons. The van der Waals surface area contributed by atoms with Gasteiger partial charge in [-0.1, -0.05) is 48.5 Å². The number of nitrogens with zero attached hydrogens (tertiary/aromatic N) is 1. The number of aromatic nitrogens is 1. The van der Waals surface area contributed by atoms with Gasteiger partial charge in [0.05, 0.1) is 4.88 Å². The van der Waals surface area contributed by atoms with E-state index < -0.39 is 0 Å². The molecule has 22 heavy (non-hydrogen) atoms. The first kappa shape index (κ1) is 14.9. The van der Waals surface area contributed by atoms with Gasteiger partial charge in [-0.3, -0.25) is 0 Å². The van der Waals surface area contributed by atoms with E-state index in [1.807, 2.05) is 36.5 Å². The van der Waals surface area contributed by atoms with E-state index in [4.69, 9.17) is 0 Å². The van der Waals surface area contributed by atoms with Crippen molar-refractivity contribution in [3.8, 4) is 10.4 Å². The van der Waals surface area contributed by atoms with Gasteiger partial charge in [0.2, 0.25) is 0 Å². The van der Waals surface area contributed by atoms with Crippen molar-refractivity contribution < 1.29 is 4.39 Å². The molecule has 0 bridgehead atoms. The predicted octanol–water partition coefficient (Wildman–Crippen LogP) is 4.28. The lowest BCUT2D eigenvalue weighted by molar-refractivity contribution is 0.597. The minimum atomic E-state index is -0.134. The standard InChI is InChI=1S/C18H17FN2S/c19-16-9-5-4-6-14(16)10-11-20-13-18-21-12-17(22-18)15-7-2-1-3-8-15/h1-9,12,20H,10-11,13H2. The summed E-state index contributed by atoms with van der Waals surface area (Å²) in [6, 6.07) is 17.2. The number of benzene rings is 2. The van der Waals surface area contributed by atoms with Crippen molar-refractivity contribution >= 4 is 11.3 Å². The first-order chi connectivity index (χ1) is 10.8. The molecule has 0 fully saturated rings. The van der Waals surface area contributed by atoms with Crippen molar-refractivity contribution in [3.05, 3.63) is 77.2 Å². The van der Waals surface area contributed by atoms with Gasteiger partial charge in [0.15, 0.2) is 0 Å². The van der Waals surface area contributed by atoms with E-state index in [0.29, 0.717) is 13.0 Å². The molecule has 0 spiro atoms. The molecule has 0 saturated heterocycles. The summed E-state index contributed by atoms with van der Waals surface area (Å²) in [5, 5.41) is 4.37. The number of nitrogens with one attached hydrogen (secondary N) is 1. The maximum absolute atomic E-state index is 13.5. The summed E-state index contributed by atoms with van der Waals surface area (Å²) in [7, 11) is 0. The van der Waals surface area contributed by atoms with E-state index in [2.05, 4.69) is 22.4 Å². The van der Waals surface area contributed by atoms with E-state index in [1.54, 1.807) is 17.4 Å². The Morgan fingerprint density at radius 1 is 1.00 bits per heavy atom. The first-order valence-electron chi connectivity index (χ1n) is 7.27. The van der Waals surface area contributed by atoms with Gasteiger partial charge in [0.1, 0.15) is 10.8 Å². The highest BCUT2D eigenvalue weighted by Crippen LogP contribution is 2.25. The fourth-order valence-corrected chi connectivity index (χ4v) is 3.14. The fraction of sp³-hybridized carbons (Fsp3) is 0.167. The van der Waals surface area contributed by atoms with Gasteiger partial charge in [-0.15, -0.1) is 11.3 Å². The summed E-state index contributed by atoms with van der Waals surface area (Å²) in [5.41, 5.74) is 1.94. The van der Waals surface area contributed by atoms with Crippen molar-refractivity contribution in [2.24, 2.45) is 0 Å². The zero-order valence-electron chi connectivity index (χ0n) is 12.1. The SMILES string of the molecule is Fc1ccccc1CCNCc1ncc(-c2ccccc2)s1. The molecule has 0 aliphatic heterocycles. The van der Waals surface area contributed by atoms with Crippen molar-refractivity contribution in [2.75, 3.05) is 6.54 Å². The zero-order valence-corrected chi connectivity index (χ0v) is 12.9. The van der Waals surface area contributed by atoms with E-state index in [0.717, 1.165) is 17.1 Å². The molecule has 4 heteroatoms. The third-order valence-corrected chi connectivity index (χ3v) is 4.46. The highest BCUT2D eigenvalue weighted by atomic mass is 32.1. The Morgan fingerprint density at radius 3 is 2.59 bits per heavy atom. The Morgan fingerprint density at radius 2 is 1.77 bits per heavy atom. The maximum atomic E-state index is 13.5. The Bertz CT molecular complexity index is 725. The Balaban J connectivity index is 1.51. The number of halogens is 1. The smallest absolute Gasteiger partial charge is 0.126 e. The van der Waals surface area contributed by atoms with Crippen LogP contribution in [0.25, 0.3) is 10.4 Å². The highest BCUT2D eigenvalue weighted by molar-refractivity contribution is 7.15. The van der Waals surface area contributed by atoms with Crippen LogP contribution >= 0.6 is 11.3 Å². The first-order valence-corrected chi connectivity index (χ1v) is 8.09. The quantitative estimate of drug-likeness (QED) is 0.687. The summed E-state index contributed by atoms with van der Waals surface area (Å²) in [4.78, 5) is 5.61. The molecule has 0 atom stereocenters. The van der Waals surface area contributed by atoms with Gasteiger partial charge in [0.25, 0.3) is 0 Å². The summed E-state index contributed by atoms with van der Waals surface area (Å²) >= 11 is 1.69. The summed E-state index contributed by atoms with van der Waals surface area (Å²) < 4.78 is 13.5. The molecule has 0 unspecified atom stereocenters. The summed E-state index contributed by atoms with van der Waals surface area (Å²) in [5.74, 6) is -0.134. The lowest BCUT2D eigenvalue weighted by Gasteiger charge is -2.04. The molecule has 0 amide bonds. The van der Waals surface area contributed by atoms with Gasteiger partial charge in [-0.25, -0.2) is 9.37 Å². The third-order valence-electron chi connectivity index (χ3n) is 3.42. The van der Waals surface area contributed by atoms with Crippen LogP contribution < -0.4 is 5.32 Å². The normalized spacial score (nSPS) is 10.8. The maximum Gasteiger partial charge on any atom is 0.126 e. The molecule has 1 heterocycles. The highest BCUT2D eigenvalue weighted by Gasteiger charge is 2.04. The van der Waals surface area contributed by atoms with Crippen molar-refractivity contribution in [2.45, 2.75) is 13.0 Å². The molecule has 3 aromatic rings. The van der Waals surface area contributed by atoms with Gasteiger partial charge >= 0.3 is 0 Å². The molecule has 0 aliphatic carbocycles. The fourth-order valence-electron chi connectivity index (χ4n) is 2.25. The number of rotatable bonds is 6. The second-order valence-electron chi connectivity index (χ2n) is 5.00. The predicted molar refractivity (Wildman–Crippen MR) is 89.4 cm³/mol. The van der Waals surface area contributed by atoms with Gasteiger partial charge in [-0.2, -0.15) is 0 Å². The molecule has 3 rings (SSSR count). The average molecular weight is 312 g/mol. The summed E-state index contributed by atoms with van der Waals surface area (Å²) in [6.45, 7) is 1.45. The molecule has 1 aromatic heterocycles. The van der Waals surface area contributed by atoms with Crippen LogP contribution in [-0.2, 0) is 13.0 Å². The van der Waals surface area contributed by atoms with Crippen molar-refractivity contribution in [1.29, 1.82) is 0 Å². The van der Waals surface area contributed by atoms with Crippen LogP contribution in [-0.4, -0.2) is 11.5 Å². The topological polar surface area (TPSA) is 24.9 Å². The minimum absolute atomic E-state index is 0.134. The molecule has 0 saturated carbocycles. The van der Waals surface area contributed by atoms with E-state index in [-0.39, 0.29) is 5.82 Å². The molecule has 2 nitrogen and oxygen atoms in total. The summed E-state index contributed by atoms with van der Waals surface area (Å²) in [6.07, 6.45) is 2.59. The van der Waals surface area contributed by atoms with Gasteiger partial charge < -0.3 is 5.32 Å². The van der Waals surface area contributed by atoms with Crippen LogP contribution in [0.15, 0.2) is 60.8 Å². The molecule has 2 aromatic carbocycles. The van der Waals surface area contributed by atoms with Crippen LogP contribution in [0.5, 0.6) is 0 Å².